The molecule has 0 saturated heterocycles. The van der Waals surface area contributed by atoms with Gasteiger partial charge in [-0.05, 0) is 44.6 Å². The van der Waals surface area contributed by atoms with Crippen molar-refractivity contribution in [3.8, 4) is 0 Å². The van der Waals surface area contributed by atoms with Crippen LogP contribution in [0.15, 0.2) is 33.4 Å². The number of hydrazine groups is 1. The Balaban J connectivity index is 2.49. The first-order chi connectivity index (χ1) is 9.34. The highest BCUT2D eigenvalue weighted by molar-refractivity contribution is 9.10. The average molecular weight is 369 g/mol. The van der Waals surface area contributed by atoms with Crippen LogP contribution in [0, 0.1) is 5.82 Å². The highest BCUT2D eigenvalue weighted by Gasteiger charge is 2.35. The van der Waals surface area contributed by atoms with Crippen LogP contribution >= 0.6 is 27.3 Å². The molecule has 1 aromatic heterocycles. The van der Waals surface area contributed by atoms with Crippen molar-refractivity contribution < 1.29 is 17.6 Å². The average Bonchev–Trinajstić information content (AvgIpc) is 2.77. The van der Waals surface area contributed by atoms with Crippen molar-refractivity contribution in [1.29, 1.82) is 0 Å². The molecule has 108 valence electrons. The standard InChI is InChI=1S/C12H9BrF4N2S/c13-9-5-20-4-7(9)11(19-18)6-1-2-10(14)8(3-6)12(15,16)17/h1-5,11,19H,18H2. The molecule has 0 fully saturated rings. The fraction of sp³-hybridized carbons (Fsp3) is 0.167. The minimum absolute atomic E-state index is 0.236. The maximum Gasteiger partial charge on any atom is 0.419 e. The number of hydrogen-bond acceptors (Lipinski definition) is 3. The molecule has 8 heteroatoms. The summed E-state index contributed by atoms with van der Waals surface area (Å²) in [4.78, 5) is 0. The number of thiophene rings is 1. The second-order valence-corrected chi connectivity index (χ2v) is 5.61. The summed E-state index contributed by atoms with van der Waals surface area (Å²) >= 11 is 4.67. The number of alkyl halides is 3. The lowest BCUT2D eigenvalue weighted by Crippen LogP contribution is -2.29. The molecule has 0 aliphatic carbocycles. The van der Waals surface area contributed by atoms with E-state index in [0.29, 0.717) is 5.56 Å². The Labute approximate surface area is 124 Å². The molecule has 1 atom stereocenters. The number of rotatable bonds is 3. The monoisotopic (exact) mass is 368 g/mol. The topological polar surface area (TPSA) is 38.0 Å². The summed E-state index contributed by atoms with van der Waals surface area (Å²) in [6, 6.07) is 2.18. The van der Waals surface area contributed by atoms with E-state index >= 15 is 0 Å². The first-order valence-electron chi connectivity index (χ1n) is 5.39. The van der Waals surface area contributed by atoms with Crippen LogP contribution in [0.1, 0.15) is 22.7 Å². The summed E-state index contributed by atoms with van der Waals surface area (Å²) in [6.07, 6.45) is -4.74. The van der Waals surface area contributed by atoms with Gasteiger partial charge in [0.25, 0.3) is 0 Å². The zero-order chi connectivity index (χ0) is 14.9. The van der Waals surface area contributed by atoms with Crippen molar-refractivity contribution in [1.82, 2.24) is 5.43 Å². The maximum absolute atomic E-state index is 13.3. The molecule has 0 spiro atoms. The van der Waals surface area contributed by atoms with Crippen molar-refractivity contribution in [2.45, 2.75) is 12.2 Å². The van der Waals surface area contributed by atoms with E-state index in [2.05, 4.69) is 21.4 Å². The van der Waals surface area contributed by atoms with Crippen LogP contribution in [-0.4, -0.2) is 0 Å². The maximum atomic E-state index is 13.3. The van der Waals surface area contributed by atoms with E-state index in [1.165, 1.54) is 17.4 Å². The SMILES string of the molecule is NNC(c1ccc(F)c(C(F)(F)F)c1)c1cscc1Br. The molecule has 0 bridgehead atoms. The zero-order valence-electron chi connectivity index (χ0n) is 9.84. The number of benzene rings is 1. The number of halogens is 5. The first-order valence-corrected chi connectivity index (χ1v) is 7.12. The molecule has 1 heterocycles. The Morgan fingerprint density at radius 1 is 1.25 bits per heavy atom. The zero-order valence-corrected chi connectivity index (χ0v) is 12.2. The lowest BCUT2D eigenvalue weighted by molar-refractivity contribution is -0.140. The van der Waals surface area contributed by atoms with Gasteiger partial charge in [0.05, 0.1) is 11.6 Å². The number of nitrogens with one attached hydrogen (secondary N) is 1. The summed E-state index contributed by atoms with van der Waals surface area (Å²) < 4.78 is 52.2. The summed E-state index contributed by atoms with van der Waals surface area (Å²) in [6.45, 7) is 0. The van der Waals surface area contributed by atoms with Gasteiger partial charge in [-0.15, -0.1) is 0 Å². The normalized spacial score (nSPS) is 13.5. The van der Waals surface area contributed by atoms with Gasteiger partial charge in [-0.25, -0.2) is 9.82 Å². The molecule has 1 aromatic carbocycles. The molecule has 0 radical (unpaired) electrons. The van der Waals surface area contributed by atoms with Gasteiger partial charge in [0, 0.05) is 9.85 Å². The highest BCUT2D eigenvalue weighted by atomic mass is 79.9. The third-order valence-electron chi connectivity index (χ3n) is 2.75. The first kappa shape index (κ1) is 15.4. The van der Waals surface area contributed by atoms with Crippen LogP contribution in [0.4, 0.5) is 17.6 Å². The Bertz CT molecular complexity index is 612. The van der Waals surface area contributed by atoms with E-state index in [9.17, 15) is 17.6 Å². The summed E-state index contributed by atoms with van der Waals surface area (Å²) in [5, 5.41) is 3.54. The smallest absolute Gasteiger partial charge is 0.271 e. The third kappa shape index (κ3) is 3.03. The minimum atomic E-state index is -4.74. The van der Waals surface area contributed by atoms with E-state index in [1.807, 2.05) is 0 Å². The predicted octanol–water partition coefficient (Wildman–Crippen LogP) is 4.22. The lowest BCUT2D eigenvalue weighted by atomic mass is 9.99. The van der Waals surface area contributed by atoms with Crippen molar-refractivity contribution in [2.75, 3.05) is 0 Å². The fourth-order valence-corrected chi connectivity index (χ4v) is 3.35. The fourth-order valence-electron chi connectivity index (χ4n) is 1.80. The van der Waals surface area contributed by atoms with Crippen molar-refractivity contribution in [3.05, 3.63) is 55.9 Å². The molecule has 20 heavy (non-hydrogen) atoms. The van der Waals surface area contributed by atoms with Crippen LogP contribution in [0.5, 0.6) is 0 Å². The van der Waals surface area contributed by atoms with Crippen LogP contribution < -0.4 is 11.3 Å². The molecule has 2 aromatic rings. The van der Waals surface area contributed by atoms with Gasteiger partial charge in [-0.1, -0.05) is 6.07 Å². The van der Waals surface area contributed by atoms with E-state index in [1.54, 1.807) is 10.8 Å². The van der Waals surface area contributed by atoms with Crippen LogP contribution in [0.25, 0.3) is 0 Å². The second-order valence-electron chi connectivity index (χ2n) is 4.01. The molecule has 2 nitrogen and oxygen atoms in total. The Morgan fingerprint density at radius 2 is 1.95 bits per heavy atom. The molecular weight excluding hydrogens is 360 g/mol. The van der Waals surface area contributed by atoms with Crippen molar-refractivity contribution in [2.24, 2.45) is 5.84 Å². The van der Waals surface area contributed by atoms with Crippen molar-refractivity contribution >= 4 is 27.3 Å². The van der Waals surface area contributed by atoms with E-state index < -0.39 is 23.6 Å². The van der Waals surface area contributed by atoms with Gasteiger partial charge in [-0.2, -0.15) is 24.5 Å². The van der Waals surface area contributed by atoms with Gasteiger partial charge >= 0.3 is 6.18 Å². The molecule has 2 rings (SSSR count). The molecule has 0 saturated carbocycles. The number of nitrogens with two attached hydrogens (primary N) is 1. The van der Waals surface area contributed by atoms with E-state index in [0.717, 1.165) is 16.6 Å². The molecule has 0 aliphatic rings. The highest BCUT2D eigenvalue weighted by Crippen LogP contribution is 2.36. The number of hydrogen-bond donors (Lipinski definition) is 2. The Kier molecular flexibility index (Phi) is 4.48. The third-order valence-corrected chi connectivity index (χ3v) is 4.50. The van der Waals surface area contributed by atoms with E-state index in [-0.39, 0.29) is 5.56 Å². The van der Waals surface area contributed by atoms with Crippen LogP contribution in [-0.2, 0) is 6.18 Å². The Morgan fingerprint density at radius 3 is 2.45 bits per heavy atom. The van der Waals surface area contributed by atoms with Gasteiger partial charge in [0.2, 0.25) is 0 Å². The van der Waals surface area contributed by atoms with Crippen molar-refractivity contribution in [3.63, 3.8) is 0 Å². The largest absolute Gasteiger partial charge is 0.419 e. The predicted molar refractivity (Wildman–Crippen MR) is 72.6 cm³/mol. The lowest BCUT2D eigenvalue weighted by Gasteiger charge is -2.18. The molecular formula is C12H9BrF4N2S. The molecule has 0 aliphatic heterocycles. The van der Waals surface area contributed by atoms with E-state index in [4.69, 9.17) is 5.84 Å². The van der Waals surface area contributed by atoms with Crippen LogP contribution in [0.3, 0.4) is 0 Å². The summed E-state index contributed by atoms with van der Waals surface area (Å²) in [5.41, 5.74) is 2.07. The van der Waals surface area contributed by atoms with Gasteiger partial charge in [0.1, 0.15) is 5.82 Å². The molecule has 1 unspecified atom stereocenters. The quantitative estimate of drug-likeness (QED) is 0.483. The second kappa shape index (κ2) is 5.80. The summed E-state index contributed by atoms with van der Waals surface area (Å²) in [7, 11) is 0. The molecule has 3 N–H and O–H groups in total. The molecule has 0 amide bonds. The minimum Gasteiger partial charge on any atom is -0.271 e. The summed E-state index contributed by atoms with van der Waals surface area (Å²) in [5.74, 6) is 4.12. The van der Waals surface area contributed by atoms with Gasteiger partial charge in [0.15, 0.2) is 0 Å². The Hall–Kier alpha value is -0.960. The van der Waals surface area contributed by atoms with Gasteiger partial charge in [-0.3, -0.25) is 5.84 Å². The van der Waals surface area contributed by atoms with Crippen LogP contribution in [0.2, 0.25) is 0 Å². The van der Waals surface area contributed by atoms with Gasteiger partial charge < -0.3 is 0 Å².